The van der Waals surface area contributed by atoms with E-state index in [1.807, 2.05) is 49.4 Å². The second kappa shape index (κ2) is 14.3. The molecule has 8 nitrogen and oxygen atoms in total. The van der Waals surface area contributed by atoms with Gasteiger partial charge in [0.05, 0.1) is 19.1 Å². The summed E-state index contributed by atoms with van der Waals surface area (Å²) in [5, 5.41) is 2.93. The Balaban J connectivity index is 2.04. The fraction of sp³-hybridized carbons (Fsp3) is 0.310. The topological polar surface area (TPSA) is 96.0 Å². The minimum atomic E-state index is -3.80. The quantitative estimate of drug-likeness (QED) is 0.277. The van der Waals surface area contributed by atoms with E-state index in [0.29, 0.717) is 18.0 Å². The van der Waals surface area contributed by atoms with Gasteiger partial charge in [-0.05, 0) is 76.5 Å². The maximum atomic E-state index is 14.0. The molecule has 3 aromatic carbocycles. The molecule has 0 aliphatic carbocycles. The number of carbonyl (C=O) groups excluding carboxylic acids is 2. The Morgan fingerprint density at radius 2 is 1.64 bits per heavy atom. The van der Waals surface area contributed by atoms with Gasteiger partial charge in [0.25, 0.3) is 0 Å². The van der Waals surface area contributed by atoms with E-state index in [4.69, 9.17) is 4.74 Å². The van der Waals surface area contributed by atoms with Crippen LogP contribution in [0.2, 0.25) is 0 Å². The number of halogens is 1. The molecule has 3 rings (SSSR count). The highest BCUT2D eigenvalue weighted by atomic mass is 127. The summed E-state index contributed by atoms with van der Waals surface area (Å²) >= 11 is 2.13. The van der Waals surface area contributed by atoms with Gasteiger partial charge in [-0.2, -0.15) is 0 Å². The van der Waals surface area contributed by atoms with Crippen LogP contribution < -0.4 is 14.4 Å². The number of benzene rings is 3. The van der Waals surface area contributed by atoms with Gasteiger partial charge in [0, 0.05) is 23.1 Å². The third-order valence-electron chi connectivity index (χ3n) is 6.10. The standard InChI is InChI=1S/C29H34IN3O5S/c1-4-17-31-29(35)27(19-22-9-6-5-7-10-22)32(20-23-11-8-12-26(18-23)38-2)28(34)21-33(39(3,36)37)25-15-13-24(30)14-16-25/h5-16,18,27H,4,17,19-21H2,1-3H3,(H,31,35)/t27-/m1/s1. The van der Waals surface area contributed by atoms with Crippen molar-refractivity contribution in [1.29, 1.82) is 0 Å². The molecule has 0 unspecified atom stereocenters. The van der Waals surface area contributed by atoms with Gasteiger partial charge in [-0.25, -0.2) is 8.42 Å². The molecule has 1 N–H and O–H groups in total. The molecule has 2 amide bonds. The normalized spacial score (nSPS) is 11.9. The van der Waals surface area contributed by atoms with Gasteiger partial charge < -0.3 is 15.0 Å². The maximum absolute atomic E-state index is 14.0. The first-order chi connectivity index (χ1) is 18.6. The van der Waals surface area contributed by atoms with Gasteiger partial charge in [-0.3, -0.25) is 13.9 Å². The molecule has 0 spiro atoms. The second-order valence-electron chi connectivity index (χ2n) is 9.12. The van der Waals surface area contributed by atoms with Gasteiger partial charge in [0.1, 0.15) is 18.3 Å². The minimum absolute atomic E-state index is 0.0946. The molecular formula is C29H34IN3O5S. The monoisotopic (exact) mass is 663 g/mol. The second-order valence-corrected chi connectivity index (χ2v) is 12.3. The number of nitrogens with one attached hydrogen (secondary N) is 1. The van der Waals surface area contributed by atoms with Crippen molar-refractivity contribution in [2.45, 2.75) is 32.4 Å². The first-order valence-electron chi connectivity index (χ1n) is 12.6. The Morgan fingerprint density at radius 1 is 0.974 bits per heavy atom. The number of amides is 2. The maximum Gasteiger partial charge on any atom is 0.244 e. The average molecular weight is 664 g/mol. The zero-order valence-electron chi connectivity index (χ0n) is 22.3. The van der Waals surface area contributed by atoms with E-state index in [-0.39, 0.29) is 18.9 Å². The van der Waals surface area contributed by atoms with Crippen LogP contribution in [0.5, 0.6) is 5.75 Å². The molecule has 0 fully saturated rings. The smallest absolute Gasteiger partial charge is 0.244 e. The number of ether oxygens (including phenoxy) is 1. The van der Waals surface area contributed by atoms with Crippen molar-refractivity contribution in [3.8, 4) is 5.75 Å². The van der Waals surface area contributed by atoms with Crippen molar-refractivity contribution in [3.05, 3.63) is 93.6 Å². The Kier molecular flexibility index (Phi) is 11.2. The van der Waals surface area contributed by atoms with Crippen molar-refractivity contribution in [1.82, 2.24) is 10.2 Å². The van der Waals surface area contributed by atoms with Crippen LogP contribution in [0.3, 0.4) is 0 Å². The zero-order valence-corrected chi connectivity index (χ0v) is 25.3. The molecule has 3 aromatic rings. The fourth-order valence-corrected chi connectivity index (χ4v) is 5.32. The van der Waals surface area contributed by atoms with E-state index >= 15 is 0 Å². The lowest BCUT2D eigenvalue weighted by Gasteiger charge is -2.33. The molecule has 0 saturated heterocycles. The van der Waals surface area contributed by atoms with Crippen LogP contribution >= 0.6 is 22.6 Å². The predicted molar refractivity (Wildman–Crippen MR) is 162 cm³/mol. The lowest BCUT2D eigenvalue weighted by atomic mass is 10.0. The van der Waals surface area contributed by atoms with Gasteiger partial charge in [0.2, 0.25) is 21.8 Å². The van der Waals surface area contributed by atoms with Crippen molar-refractivity contribution in [2.24, 2.45) is 0 Å². The molecule has 1 atom stereocenters. The Bertz CT molecular complexity index is 1350. The molecule has 0 radical (unpaired) electrons. The molecule has 0 aromatic heterocycles. The fourth-order valence-electron chi connectivity index (χ4n) is 4.11. The van der Waals surface area contributed by atoms with Crippen molar-refractivity contribution in [2.75, 3.05) is 30.8 Å². The van der Waals surface area contributed by atoms with E-state index in [1.165, 1.54) is 4.90 Å². The summed E-state index contributed by atoms with van der Waals surface area (Å²) in [6.45, 7) is 2.06. The molecule has 0 bridgehead atoms. The number of hydrogen-bond acceptors (Lipinski definition) is 5. The zero-order chi connectivity index (χ0) is 28.4. The first-order valence-corrected chi connectivity index (χ1v) is 15.5. The van der Waals surface area contributed by atoms with Crippen molar-refractivity contribution < 1.29 is 22.7 Å². The summed E-state index contributed by atoms with van der Waals surface area (Å²) in [6, 6.07) is 22.8. The summed E-state index contributed by atoms with van der Waals surface area (Å²) < 4.78 is 33.0. The summed E-state index contributed by atoms with van der Waals surface area (Å²) in [5.74, 6) is -0.168. The number of rotatable bonds is 13. The van der Waals surface area contributed by atoms with Gasteiger partial charge in [-0.1, -0.05) is 49.4 Å². The van der Waals surface area contributed by atoms with Crippen LogP contribution in [0.1, 0.15) is 24.5 Å². The van der Waals surface area contributed by atoms with Crippen LogP contribution in [0.25, 0.3) is 0 Å². The van der Waals surface area contributed by atoms with E-state index in [2.05, 4.69) is 27.9 Å². The van der Waals surface area contributed by atoms with Crippen LogP contribution in [0.15, 0.2) is 78.9 Å². The Morgan fingerprint density at radius 3 is 2.26 bits per heavy atom. The highest BCUT2D eigenvalue weighted by molar-refractivity contribution is 14.1. The minimum Gasteiger partial charge on any atom is -0.497 e. The van der Waals surface area contributed by atoms with E-state index in [0.717, 1.165) is 31.7 Å². The van der Waals surface area contributed by atoms with Crippen LogP contribution in [0.4, 0.5) is 5.69 Å². The van der Waals surface area contributed by atoms with Gasteiger partial charge in [0.15, 0.2) is 0 Å². The van der Waals surface area contributed by atoms with Gasteiger partial charge >= 0.3 is 0 Å². The van der Waals surface area contributed by atoms with Crippen molar-refractivity contribution in [3.63, 3.8) is 0 Å². The molecule has 0 aliphatic heterocycles. The predicted octanol–water partition coefficient (Wildman–Crippen LogP) is 4.23. The third-order valence-corrected chi connectivity index (χ3v) is 7.96. The first kappa shape index (κ1) is 30.4. The lowest BCUT2D eigenvalue weighted by molar-refractivity contribution is -0.140. The Labute approximate surface area is 244 Å². The van der Waals surface area contributed by atoms with Crippen LogP contribution in [-0.2, 0) is 32.6 Å². The molecule has 0 aliphatic rings. The molecular weight excluding hydrogens is 629 g/mol. The highest BCUT2D eigenvalue weighted by Crippen LogP contribution is 2.22. The molecule has 39 heavy (non-hydrogen) atoms. The summed E-state index contributed by atoms with van der Waals surface area (Å²) in [5.41, 5.74) is 2.02. The van der Waals surface area contributed by atoms with E-state index in [1.54, 1.807) is 43.5 Å². The molecule has 0 saturated carbocycles. The number of hydrogen-bond donors (Lipinski definition) is 1. The largest absolute Gasteiger partial charge is 0.497 e. The number of anilines is 1. The summed E-state index contributed by atoms with van der Waals surface area (Å²) in [6.07, 6.45) is 2.08. The molecule has 0 heterocycles. The number of methoxy groups -OCH3 is 1. The summed E-state index contributed by atoms with van der Waals surface area (Å²) in [4.78, 5) is 29.0. The Hall–Kier alpha value is -3.12. The molecule has 10 heteroatoms. The number of carbonyl (C=O) groups is 2. The van der Waals surface area contributed by atoms with E-state index < -0.39 is 28.5 Å². The highest BCUT2D eigenvalue weighted by Gasteiger charge is 2.33. The number of nitrogens with zero attached hydrogens (tertiary/aromatic N) is 2. The van der Waals surface area contributed by atoms with Gasteiger partial charge in [-0.15, -0.1) is 0 Å². The lowest BCUT2D eigenvalue weighted by Crippen LogP contribution is -2.53. The average Bonchev–Trinajstić information content (AvgIpc) is 2.92. The molecule has 208 valence electrons. The number of sulfonamides is 1. The van der Waals surface area contributed by atoms with Crippen LogP contribution in [-0.4, -0.2) is 57.6 Å². The SMILES string of the molecule is CCCNC(=O)[C@@H](Cc1ccccc1)N(Cc1cccc(OC)c1)C(=O)CN(c1ccc(I)cc1)S(C)(=O)=O. The summed E-state index contributed by atoms with van der Waals surface area (Å²) in [7, 11) is -2.24. The van der Waals surface area contributed by atoms with E-state index in [9.17, 15) is 18.0 Å². The third kappa shape index (κ3) is 8.96. The van der Waals surface area contributed by atoms with Crippen molar-refractivity contribution >= 4 is 50.1 Å². The van der Waals surface area contributed by atoms with Crippen LogP contribution in [0, 0.1) is 3.57 Å².